The van der Waals surface area contributed by atoms with Crippen LogP contribution < -0.4 is 5.73 Å². The first-order valence-corrected chi connectivity index (χ1v) is 4.80. The van der Waals surface area contributed by atoms with Crippen molar-refractivity contribution in [1.29, 1.82) is 0 Å². The SMILES string of the molecule is NC(CO)CCSc1ncc[nH]1. The number of aliphatic hydroxyl groups is 1. The third-order valence-corrected chi connectivity index (χ3v) is 2.37. The Bertz CT molecular complexity index is 202. The van der Waals surface area contributed by atoms with E-state index in [0.717, 1.165) is 17.3 Å². The molecule has 0 aliphatic carbocycles. The van der Waals surface area contributed by atoms with E-state index in [1.54, 1.807) is 24.2 Å². The molecule has 0 aliphatic heterocycles. The van der Waals surface area contributed by atoms with E-state index in [0.29, 0.717) is 0 Å². The summed E-state index contributed by atoms with van der Waals surface area (Å²) in [7, 11) is 0. The van der Waals surface area contributed by atoms with Gasteiger partial charge in [0.05, 0.1) is 6.61 Å². The molecule has 5 heteroatoms. The van der Waals surface area contributed by atoms with Gasteiger partial charge in [0.25, 0.3) is 0 Å². The molecule has 4 N–H and O–H groups in total. The number of imidazole rings is 1. The van der Waals surface area contributed by atoms with Gasteiger partial charge in [0.15, 0.2) is 5.16 Å². The van der Waals surface area contributed by atoms with Crippen LogP contribution >= 0.6 is 11.8 Å². The molecule has 1 atom stereocenters. The maximum absolute atomic E-state index is 8.63. The third-order valence-electron chi connectivity index (χ3n) is 1.44. The molecular weight excluding hydrogens is 174 g/mol. The van der Waals surface area contributed by atoms with Crippen LogP contribution in [0, 0.1) is 0 Å². The molecule has 1 heterocycles. The number of hydrogen-bond acceptors (Lipinski definition) is 4. The Kier molecular flexibility index (Phi) is 4.13. The van der Waals surface area contributed by atoms with E-state index in [1.807, 2.05) is 0 Å². The number of aromatic amines is 1. The summed E-state index contributed by atoms with van der Waals surface area (Å²) in [4.78, 5) is 7.02. The molecule has 1 aromatic heterocycles. The lowest BCUT2D eigenvalue weighted by Gasteiger charge is -2.05. The lowest BCUT2D eigenvalue weighted by molar-refractivity contribution is 0.264. The maximum atomic E-state index is 8.63. The minimum Gasteiger partial charge on any atom is -0.395 e. The quantitative estimate of drug-likeness (QED) is 0.576. The van der Waals surface area contributed by atoms with Gasteiger partial charge in [0.1, 0.15) is 0 Å². The summed E-state index contributed by atoms with van der Waals surface area (Å²) in [6.45, 7) is 0.0543. The molecule has 68 valence electrons. The zero-order chi connectivity index (χ0) is 8.81. The molecular formula is C7H13N3OS. The molecule has 12 heavy (non-hydrogen) atoms. The lowest BCUT2D eigenvalue weighted by atomic mass is 10.3. The predicted molar refractivity (Wildman–Crippen MR) is 49.0 cm³/mol. The van der Waals surface area contributed by atoms with E-state index in [9.17, 15) is 0 Å². The first-order chi connectivity index (χ1) is 5.83. The number of aliphatic hydroxyl groups excluding tert-OH is 1. The summed E-state index contributed by atoms with van der Waals surface area (Å²) in [5.74, 6) is 0.884. The van der Waals surface area contributed by atoms with Crippen LogP contribution in [0.1, 0.15) is 6.42 Å². The van der Waals surface area contributed by atoms with Crippen molar-refractivity contribution in [2.45, 2.75) is 17.6 Å². The van der Waals surface area contributed by atoms with Gasteiger partial charge in [-0.05, 0) is 6.42 Å². The Balaban J connectivity index is 2.11. The highest BCUT2D eigenvalue weighted by Gasteiger charge is 2.01. The molecule has 0 saturated heterocycles. The lowest BCUT2D eigenvalue weighted by Crippen LogP contribution is -2.24. The van der Waals surface area contributed by atoms with Gasteiger partial charge in [-0.25, -0.2) is 4.98 Å². The molecule has 0 fully saturated rings. The predicted octanol–water partition coefficient (Wildman–Crippen LogP) is 0.211. The van der Waals surface area contributed by atoms with Crippen LogP contribution in [0.15, 0.2) is 17.6 Å². The monoisotopic (exact) mass is 187 g/mol. The summed E-state index contributed by atoms with van der Waals surface area (Å²) < 4.78 is 0. The Morgan fingerprint density at radius 3 is 3.17 bits per heavy atom. The molecule has 4 nitrogen and oxygen atoms in total. The van der Waals surface area contributed by atoms with Crippen molar-refractivity contribution < 1.29 is 5.11 Å². The average molecular weight is 187 g/mol. The summed E-state index contributed by atoms with van der Waals surface area (Å²) in [5, 5.41) is 9.54. The summed E-state index contributed by atoms with van der Waals surface area (Å²) in [6, 6.07) is -0.104. The van der Waals surface area contributed by atoms with Crippen LogP contribution in [0.2, 0.25) is 0 Å². The van der Waals surface area contributed by atoms with Gasteiger partial charge in [-0.1, -0.05) is 11.8 Å². The fourth-order valence-corrected chi connectivity index (χ4v) is 1.63. The summed E-state index contributed by atoms with van der Waals surface area (Å²) in [6.07, 6.45) is 4.31. The third kappa shape index (κ3) is 3.25. The van der Waals surface area contributed by atoms with E-state index in [2.05, 4.69) is 9.97 Å². The molecule has 1 rings (SSSR count). The molecule has 1 unspecified atom stereocenters. The first-order valence-electron chi connectivity index (χ1n) is 3.81. The average Bonchev–Trinajstić information content (AvgIpc) is 2.57. The number of aromatic nitrogens is 2. The van der Waals surface area contributed by atoms with Crippen molar-refractivity contribution >= 4 is 11.8 Å². The highest BCUT2D eigenvalue weighted by molar-refractivity contribution is 7.99. The highest BCUT2D eigenvalue weighted by Crippen LogP contribution is 2.12. The molecule has 0 aromatic carbocycles. The van der Waals surface area contributed by atoms with Gasteiger partial charge in [0.2, 0.25) is 0 Å². The van der Waals surface area contributed by atoms with Gasteiger partial charge in [-0.2, -0.15) is 0 Å². The van der Waals surface area contributed by atoms with Crippen LogP contribution in [-0.4, -0.2) is 33.5 Å². The number of nitrogens with zero attached hydrogens (tertiary/aromatic N) is 1. The maximum Gasteiger partial charge on any atom is 0.165 e. The van der Waals surface area contributed by atoms with Crippen molar-refractivity contribution in [2.24, 2.45) is 5.73 Å². The molecule has 0 spiro atoms. The van der Waals surface area contributed by atoms with Crippen molar-refractivity contribution in [3.8, 4) is 0 Å². The van der Waals surface area contributed by atoms with Gasteiger partial charge in [0, 0.05) is 24.2 Å². The van der Waals surface area contributed by atoms with Crippen molar-refractivity contribution in [3.63, 3.8) is 0 Å². The van der Waals surface area contributed by atoms with Crippen LogP contribution in [0.25, 0.3) is 0 Å². The number of nitrogens with one attached hydrogen (secondary N) is 1. The molecule has 0 bridgehead atoms. The van der Waals surface area contributed by atoms with E-state index in [4.69, 9.17) is 10.8 Å². The number of nitrogens with two attached hydrogens (primary N) is 1. The van der Waals surface area contributed by atoms with Crippen LogP contribution in [0.4, 0.5) is 0 Å². The van der Waals surface area contributed by atoms with Crippen LogP contribution in [0.5, 0.6) is 0 Å². The minimum absolute atomic E-state index is 0.0543. The molecule has 0 amide bonds. The molecule has 0 saturated carbocycles. The Hall–Kier alpha value is -0.520. The van der Waals surface area contributed by atoms with E-state index in [1.165, 1.54) is 0 Å². The van der Waals surface area contributed by atoms with E-state index < -0.39 is 0 Å². The first kappa shape index (κ1) is 9.57. The molecule has 0 aliphatic rings. The van der Waals surface area contributed by atoms with Gasteiger partial charge in [-0.15, -0.1) is 0 Å². The fourth-order valence-electron chi connectivity index (χ4n) is 0.728. The molecule has 0 radical (unpaired) electrons. The van der Waals surface area contributed by atoms with E-state index in [-0.39, 0.29) is 12.6 Å². The Labute approximate surface area is 75.6 Å². The normalized spacial score (nSPS) is 13.2. The van der Waals surface area contributed by atoms with Gasteiger partial charge < -0.3 is 15.8 Å². The largest absolute Gasteiger partial charge is 0.395 e. The van der Waals surface area contributed by atoms with Crippen molar-refractivity contribution in [1.82, 2.24) is 9.97 Å². The standard InChI is InChI=1S/C7H13N3OS/c8-6(5-11)1-4-12-7-9-2-3-10-7/h2-3,6,11H,1,4-5,8H2,(H,9,10). The summed E-state index contributed by atoms with van der Waals surface area (Å²) >= 11 is 1.61. The minimum atomic E-state index is -0.104. The zero-order valence-electron chi connectivity index (χ0n) is 6.73. The second-order valence-electron chi connectivity index (χ2n) is 2.47. The van der Waals surface area contributed by atoms with Crippen LogP contribution in [-0.2, 0) is 0 Å². The zero-order valence-corrected chi connectivity index (χ0v) is 7.55. The van der Waals surface area contributed by atoms with E-state index >= 15 is 0 Å². The topological polar surface area (TPSA) is 74.9 Å². The van der Waals surface area contributed by atoms with Crippen molar-refractivity contribution in [2.75, 3.05) is 12.4 Å². The number of rotatable bonds is 5. The second-order valence-corrected chi connectivity index (χ2v) is 3.56. The second kappa shape index (κ2) is 5.18. The smallest absolute Gasteiger partial charge is 0.165 e. The Morgan fingerprint density at radius 1 is 1.75 bits per heavy atom. The van der Waals surface area contributed by atoms with Gasteiger partial charge >= 0.3 is 0 Å². The Morgan fingerprint density at radius 2 is 2.58 bits per heavy atom. The summed E-state index contributed by atoms with van der Waals surface area (Å²) in [5.41, 5.74) is 5.52. The number of H-pyrrole nitrogens is 1. The number of hydrogen-bond donors (Lipinski definition) is 3. The fraction of sp³-hybridized carbons (Fsp3) is 0.571. The van der Waals surface area contributed by atoms with Gasteiger partial charge in [-0.3, -0.25) is 0 Å². The van der Waals surface area contributed by atoms with Crippen molar-refractivity contribution in [3.05, 3.63) is 12.4 Å². The molecule has 1 aromatic rings. The number of thioether (sulfide) groups is 1. The highest BCUT2D eigenvalue weighted by atomic mass is 32.2. The van der Waals surface area contributed by atoms with Crippen LogP contribution in [0.3, 0.4) is 0 Å².